The molecule has 0 bridgehead atoms. The summed E-state index contributed by atoms with van der Waals surface area (Å²) in [7, 11) is 0. The predicted molar refractivity (Wildman–Crippen MR) is 88.5 cm³/mol. The van der Waals surface area contributed by atoms with Gasteiger partial charge in [0.05, 0.1) is 5.69 Å². The van der Waals surface area contributed by atoms with Crippen LogP contribution in [0.25, 0.3) is 0 Å². The maximum atomic E-state index is 6.15. The number of aromatic nitrogens is 2. The number of nitrogens with zero attached hydrogens (tertiary/aromatic N) is 2. The van der Waals surface area contributed by atoms with Gasteiger partial charge in [0.2, 0.25) is 0 Å². The van der Waals surface area contributed by atoms with Crippen molar-refractivity contribution in [1.82, 2.24) is 9.78 Å². The van der Waals surface area contributed by atoms with E-state index < -0.39 is 0 Å². The molecule has 2 nitrogen and oxygen atoms in total. The van der Waals surface area contributed by atoms with E-state index in [1.807, 2.05) is 10.7 Å². The van der Waals surface area contributed by atoms with Crippen molar-refractivity contribution in [1.29, 1.82) is 0 Å². The third-order valence-corrected chi connectivity index (χ3v) is 4.53. The highest BCUT2D eigenvalue weighted by Gasteiger charge is 2.14. The standard InChI is InChI=1S/C16H20BrClN2/c1-3-12(2)20-8-7-16(19-20)10-14(11-18)13-5-4-6-15(17)9-13/h4-9,12,14H,3,10-11H2,1-2H3. The Bertz CT molecular complexity index is 553. The summed E-state index contributed by atoms with van der Waals surface area (Å²) >= 11 is 9.67. The fourth-order valence-corrected chi connectivity index (χ4v) is 2.90. The minimum absolute atomic E-state index is 0.300. The van der Waals surface area contributed by atoms with Gasteiger partial charge >= 0.3 is 0 Å². The zero-order chi connectivity index (χ0) is 14.5. The maximum Gasteiger partial charge on any atom is 0.0631 e. The molecule has 0 aliphatic rings. The molecule has 1 aromatic heterocycles. The molecule has 4 heteroatoms. The number of hydrogen-bond acceptors (Lipinski definition) is 1. The zero-order valence-corrected chi connectivity index (χ0v) is 14.2. The molecule has 0 fully saturated rings. The van der Waals surface area contributed by atoms with Gasteiger partial charge in [0, 0.05) is 28.5 Å². The van der Waals surface area contributed by atoms with Gasteiger partial charge in [-0.15, -0.1) is 11.6 Å². The number of halogens is 2. The van der Waals surface area contributed by atoms with Crippen LogP contribution in [0.1, 0.15) is 43.5 Å². The van der Waals surface area contributed by atoms with Crippen LogP contribution in [0.3, 0.4) is 0 Å². The van der Waals surface area contributed by atoms with Crippen molar-refractivity contribution in [2.45, 2.75) is 38.6 Å². The second kappa shape index (κ2) is 7.28. The van der Waals surface area contributed by atoms with Crippen molar-refractivity contribution in [2.75, 3.05) is 5.88 Å². The van der Waals surface area contributed by atoms with Crippen LogP contribution >= 0.6 is 27.5 Å². The minimum atomic E-state index is 0.300. The van der Waals surface area contributed by atoms with Crippen molar-refractivity contribution in [3.8, 4) is 0 Å². The average Bonchev–Trinajstić information content (AvgIpc) is 2.92. The molecule has 2 unspecified atom stereocenters. The molecule has 20 heavy (non-hydrogen) atoms. The predicted octanol–water partition coefficient (Wildman–Crippen LogP) is 5.18. The number of rotatable bonds is 6. The minimum Gasteiger partial charge on any atom is -0.270 e. The van der Waals surface area contributed by atoms with Crippen molar-refractivity contribution in [3.05, 3.63) is 52.3 Å². The summed E-state index contributed by atoms with van der Waals surface area (Å²) in [6, 6.07) is 10.9. The molecule has 2 atom stereocenters. The molecule has 0 N–H and O–H groups in total. The van der Waals surface area contributed by atoms with Crippen LogP contribution in [-0.2, 0) is 6.42 Å². The van der Waals surface area contributed by atoms with E-state index in [-0.39, 0.29) is 0 Å². The Labute approximate surface area is 134 Å². The third-order valence-electron chi connectivity index (χ3n) is 3.67. The SMILES string of the molecule is CCC(C)n1ccc(CC(CCl)c2cccc(Br)c2)n1. The van der Waals surface area contributed by atoms with Crippen molar-refractivity contribution >= 4 is 27.5 Å². The van der Waals surface area contributed by atoms with E-state index in [1.165, 1.54) is 5.56 Å². The summed E-state index contributed by atoms with van der Waals surface area (Å²) in [5.74, 6) is 0.904. The van der Waals surface area contributed by atoms with Gasteiger partial charge in [0.1, 0.15) is 0 Å². The third kappa shape index (κ3) is 3.86. The Kier molecular flexibility index (Phi) is 5.67. The Morgan fingerprint density at radius 3 is 2.80 bits per heavy atom. The average molecular weight is 356 g/mol. The van der Waals surface area contributed by atoms with Gasteiger partial charge in [0.25, 0.3) is 0 Å². The number of hydrogen-bond donors (Lipinski definition) is 0. The second-order valence-corrected chi connectivity index (χ2v) is 6.38. The molecule has 0 spiro atoms. The normalized spacial score (nSPS) is 14.2. The van der Waals surface area contributed by atoms with Gasteiger partial charge in [-0.2, -0.15) is 5.10 Å². The number of alkyl halides is 1. The summed E-state index contributed by atoms with van der Waals surface area (Å²) in [4.78, 5) is 0. The van der Waals surface area contributed by atoms with Crippen LogP contribution in [0.2, 0.25) is 0 Å². The van der Waals surface area contributed by atoms with Crippen LogP contribution in [-0.4, -0.2) is 15.7 Å². The van der Waals surface area contributed by atoms with Crippen LogP contribution in [0.5, 0.6) is 0 Å². The molecule has 0 saturated carbocycles. The molecular weight excluding hydrogens is 336 g/mol. The van der Waals surface area contributed by atoms with Crippen molar-refractivity contribution in [2.24, 2.45) is 0 Å². The largest absolute Gasteiger partial charge is 0.270 e. The molecule has 0 radical (unpaired) electrons. The first-order valence-electron chi connectivity index (χ1n) is 6.99. The van der Waals surface area contributed by atoms with Crippen LogP contribution in [0, 0.1) is 0 Å². The molecule has 1 aromatic carbocycles. The Morgan fingerprint density at radius 2 is 2.15 bits per heavy atom. The highest BCUT2D eigenvalue weighted by molar-refractivity contribution is 9.10. The summed E-state index contributed by atoms with van der Waals surface area (Å²) in [5, 5.41) is 4.66. The zero-order valence-electron chi connectivity index (χ0n) is 11.9. The lowest BCUT2D eigenvalue weighted by atomic mass is 9.96. The lowest BCUT2D eigenvalue weighted by molar-refractivity contribution is 0.472. The van der Waals surface area contributed by atoms with Crippen LogP contribution in [0.15, 0.2) is 41.0 Å². The van der Waals surface area contributed by atoms with Gasteiger partial charge in [0.15, 0.2) is 0 Å². The lowest BCUT2D eigenvalue weighted by Crippen LogP contribution is -2.08. The van der Waals surface area contributed by atoms with E-state index in [2.05, 4.69) is 65.3 Å². The smallest absolute Gasteiger partial charge is 0.0631 e. The van der Waals surface area contributed by atoms with Crippen LogP contribution < -0.4 is 0 Å². The van der Waals surface area contributed by atoms with E-state index in [1.54, 1.807) is 0 Å². The summed E-state index contributed by atoms with van der Waals surface area (Å²) in [6.07, 6.45) is 4.03. The maximum absolute atomic E-state index is 6.15. The summed E-state index contributed by atoms with van der Waals surface area (Å²) in [5.41, 5.74) is 2.36. The van der Waals surface area contributed by atoms with Crippen molar-refractivity contribution < 1.29 is 0 Å². The molecule has 2 rings (SSSR count). The van der Waals surface area contributed by atoms with Gasteiger partial charge in [-0.1, -0.05) is 35.0 Å². The van der Waals surface area contributed by atoms with E-state index in [0.717, 1.165) is 23.0 Å². The van der Waals surface area contributed by atoms with Crippen molar-refractivity contribution in [3.63, 3.8) is 0 Å². The fourth-order valence-electron chi connectivity index (χ4n) is 2.19. The molecule has 1 heterocycles. The van der Waals surface area contributed by atoms with Gasteiger partial charge in [-0.25, -0.2) is 0 Å². The quantitative estimate of drug-likeness (QED) is 0.653. The molecule has 0 amide bonds. The Hall–Kier alpha value is -0.800. The van der Waals surface area contributed by atoms with Gasteiger partial charge in [-0.05, 0) is 43.5 Å². The Balaban J connectivity index is 2.12. The Morgan fingerprint density at radius 1 is 1.35 bits per heavy atom. The molecule has 108 valence electrons. The fraction of sp³-hybridized carbons (Fsp3) is 0.438. The molecule has 2 aromatic rings. The molecule has 0 aliphatic heterocycles. The lowest BCUT2D eigenvalue weighted by Gasteiger charge is -2.13. The van der Waals surface area contributed by atoms with E-state index in [4.69, 9.17) is 11.6 Å². The first-order valence-corrected chi connectivity index (χ1v) is 8.32. The number of benzene rings is 1. The first-order chi connectivity index (χ1) is 9.63. The van der Waals surface area contributed by atoms with E-state index >= 15 is 0 Å². The monoisotopic (exact) mass is 354 g/mol. The molecule has 0 saturated heterocycles. The van der Waals surface area contributed by atoms with Gasteiger partial charge < -0.3 is 0 Å². The molecular formula is C16H20BrClN2. The highest BCUT2D eigenvalue weighted by Crippen LogP contribution is 2.25. The van der Waals surface area contributed by atoms with Crippen LogP contribution in [0.4, 0.5) is 0 Å². The summed E-state index contributed by atoms with van der Waals surface area (Å²) < 4.78 is 3.14. The topological polar surface area (TPSA) is 17.8 Å². The van der Waals surface area contributed by atoms with Gasteiger partial charge in [-0.3, -0.25) is 4.68 Å². The second-order valence-electron chi connectivity index (χ2n) is 5.15. The highest BCUT2D eigenvalue weighted by atomic mass is 79.9. The van der Waals surface area contributed by atoms with E-state index in [9.17, 15) is 0 Å². The molecule has 0 aliphatic carbocycles. The first kappa shape index (κ1) is 15.6. The van der Waals surface area contributed by atoms with E-state index in [0.29, 0.717) is 17.8 Å². The summed E-state index contributed by atoms with van der Waals surface area (Å²) in [6.45, 7) is 4.36.